The van der Waals surface area contributed by atoms with Gasteiger partial charge in [0, 0.05) is 9.61 Å². The Morgan fingerprint density at radius 3 is 2.57 bits per heavy atom. The molecule has 0 fully saturated rings. The first-order valence-electron chi connectivity index (χ1n) is 7.34. The van der Waals surface area contributed by atoms with E-state index in [0.29, 0.717) is 6.04 Å². The summed E-state index contributed by atoms with van der Waals surface area (Å²) in [6.07, 6.45) is 2.12. The van der Waals surface area contributed by atoms with Gasteiger partial charge in [-0.1, -0.05) is 31.2 Å². The minimum Gasteiger partial charge on any atom is -0.497 e. The monoisotopic (exact) mass is 395 g/mol. The number of halogens is 1. The molecule has 2 aromatic carbocycles. The van der Waals surface area contributed by atoms with E-state index in [1.165, 1.54) is 14.7 Å². The second kappa shape index (κ2) is 8.39. The fourth-order valence-electron chi connectivity index (χ4n) is 2.34. The van der Waals surface area contributed by atoms with Crippen LogP contribution in [-0.2, 0) is 6.42 Å². The lowest BCUT2D eigenvalue weighted by atomic mass is 9.98. The molecule has 0 spiro atoms. The van der Waals surface area contributed by atoms with Crippen molar-refractivity contribution in [1.82, 2.24) is 5.32 Å². The third kappa shape index (κ3) is 5.00. The van der Waals surface area contributed by atoms with Gasteiger partial charge in [0.05, 0.1) is 7.11 Å². The number of hydrogen-bond acceptors (Lipinski definition) is 2. The highest BCUT2D eigenvalue weighted by molar-refractivity contribution is 14.1. The highest BCUT2D eigenvalue weighted by Gasteiger charge is 2.12. The fraction of sp³-hybridized carbons (Fsp3) is 0.333. The van der Waals surface area contributed by atoms with Gasteiger partial charge in [0.2, 0.25) is 0 Å². The molecule has 0 aliphatic rings. The number of benzene rings is 2. The molecule has 0 saturated carbocycles. The predicted octanol–water partition coefficient (Wildman–Crippen LogP) is 4.58. The molecule has 21 heavy (non-hydrogen) atoms. The maximum absolute atomic E-state index is 5.35. The smallest absolute Gasteiger partial charge is 0.119 e. The minimum absolute atomic E-state index is 0.320. The van der Waals surface area contributed by atoms with Crippen LogP contribution in [0.4, 0.5) is 0 Å². The van der Waals surface area contributed by atoms with Gasteiger partial charge in [-0.15, -0.1) is 0 Å². The average molecular weight is 395 g/mol. The molecule has 112 valence electrons. The van der Waals surface area contributed by atoms with E-state index in [4.69, 9.17) is 4.74 Å². The van der Waals surface area contributed by atoms with Crippen LogP contribution < -0.4 is 10.1 Å². The summed E-state index contributed by atoms with van der Waals surface area (Å²) in [6.45, 7) is 3.22. The zero-order chi connectivity index (χ0) is 15.1. The molecule has 1 atom stereocenters. The topological polar surface area (TPSA) is 21.3 Å². The Morgan fingerprint density at radius 2 is 1.90 bits per heavy atom. The van der Waals surface area contributed by atoms with Crippen LogP contribution in [0.1, 0.15) is 30.5 Å². The van der Waals surface area contributed by atoms with Crippen LogP contribution >= 0.6 is 22.6 Å². The summed E-state index contributed by atoms with van der Waals surface area (Å²) in [5.74, 6) is 0.915. The SMILES string of the molecule is CCCNC(Cc1ccc(I)cc1)c1cccc(OC)c1. The van der Waals surface area contributed by atoms with E-state index < -0.39 is 0 Å². The first-order chi connectivity index (χ1) is 10.2. The second-order valence-electron chi connectivity index (χ2n) is 5.11. The Labute approximate surface area is 141 Å². The third-order valence-corrected chi connectivity index (χ3v) is 4.21. The van der Waals surface area contributed by atoms with E-state index in [2.05, 4.69) is 77.3 Å². The molecule has 0 aromatic heterocycles. The van der Waals surface area contributed by atoms with Crippen molar-refractivity contribution in [2.24, 2.45) is 0 Å². The van der Waals surface area contributed by atoms with Crippen molar-refractivity contribution in [1.29, 1.82) is 0 Å². The van der Waals surface area contributed by atoms with Gasteiger partial charge in [0.1, 0.15) is 5.75 Å². The van der Waals surface area contributed by atoms with E-state index in [1.54, 1.807) is 7.11 Å². The molecule has 2 nitrogen and oxygen atoms in total. The van der Waals surface area contributed by atoms with Crippen LogP contribution in [0.25, 0.3) is 0 Å². The summed E-state index contributed by atoms with van der Waals surface area (Å²) in [5.41, 5.74) is 2.63. The highest BCUT2D eigenvalue weighted by atomic mass is 127. The van der Waals surface area contributed by atoms with Gasteiger partial charge in [-0.3, -0.25) is 0 Å². The van der Waals surface area contributed by atoms with Crippen LogP contribution in [0.2, 0.25) is 0 Å². The molecule has 0 bridgehead atoms. The summed E-state index contributed by atoms with van der Waals surface area (Å²) in [6, 6.07) is 17.4. The summed E-state index contributed by atoms with van der Waals surface area (Å²) in [4.78, 5) is 0. The molecule has 0 aliphatic heterocycles. The van der Waals surface area contributed by atoms with Gasteiger partial charge in [-0.25, -0.2) is 0 Å². The van der Waals surface area contributed by atoms with E-state index in [9.17, 15) is 0 Å². The standard InChI is InChI=1S/C18H22INO/c1-3-11-20-18(12-14-7-9-16(19)10-8-14)15-5-4-6-17(13-15)21-2/h4-10,13,18,20H,3,11-12H2,1-2H3. The maximum atomic E-state index is 5.35. The molecule has 0 radical (unpaired) electrons. The normalized spacial score (nSPS) is 12.1. The van der Waals surface area contributed by atoms with Crippen molar-refractivity contribution < 1.29 is 4.74 Å². The number of ether oxygens (including phenoxy) is 1. The Bertz CT molecular complexity index is 553. The van der Waals surface area contributed by atoms with E-state index >= 15 is 0 Å². The lowest BCUT2D eigenvalue weighted by molar-refractivity contribution is 0.412. The molecular formula is C18H22INO. The largest absolute Gasteiger partial charge is 0.497 e. The Hall–Kier alpha value is -1.07. The van der Waals surface area contributed by atoms with Crippen molar-refractivity contribution in [2.75, 3.05) is 13.7 Å². The predicted molar refractivity (Wildman–Crippen MR) is 96.9 cm³/mol. The van der Waals surface area contributed by atoms with Crippen LogP contribution in [0.3, 0.4) is 0 Å². The maximum Gasteiger partial charge on any atom is 0.119 e. The Morgan fingerprint density at radius 1 is 1.14 bits per heavy atom. The number of rotatable bonds is 7. The summed E-state index contributed by atoms with van der Waals surface area (Å²) < 4.78 is 6.62. The average Bonchev–Trinajstić information content (AvgIpc) is 2.53. The molecule has 0 heterocycles. The number of nitrogens with one attached hydrogen (secondary N) is 1. The van der Waals surface area contributed by atoms with E-state index in [0.717, 1.165) is 25.1 Å². The highest BCUT2D eigenvalue weighted by Crippen LogP contribution is 2.23. The zero-order valence-corrected chi connectivity index (χ0v) is 14.8. The van der Waals surface area contributed by atoms with Crippen molar-refractivity contribution in [2.45, 2.75) is 25.8 Å². The molecule has 2 rings (SSSR count). The third-order valence-electron chi connectivity index (χ3n) is 3.49. The van der Waals surface area contributed by atoms with Crippen LogP contribution in [0.15, 0.2) is 48.5 Å². The van der Waals surface area contributed by atoms with Crippen LogP contribution in [0, 0.1) is 3.57 Å². The van der Waals surface area contributed by atoms with Crippen LogP contribution in [0.5, 0.6) is 5.75 Å². The molecule has 0 amide bonds. The fourth-order valence-corrected chi connectivity index (χ4v) is 2.70. The lowest BCUT2D eigenvalue weighted by Gasteiger charge is -2.20. The molecule has 2 aromatic rings. The Balaban J connectivity index is 2.18. The molecule has 0 aliphatic carbocycles. The van der Waals surface area contributed by atoms with E-state index in [-0.39, 0.29) is 0 Å². The zero-order valence-electron chi connectivity index (χ0n) is 12.6. The van der Waals surface area contributed by atoms with Gasteiger partial charge in [0.15, 0.2) is 0 Å². The first kappa shape index (κ1) is 16.3. The number of methoxy groups -OCH3 is 1. The molecule has 1 unspecified atom stereocenters. The second-order valence-corrected chi connectivity index (χ2v) is 6.36. The lowest BCUT2D eigenvalue weighted by Crippen LogP contribution is -2.24. The van der Waals surface area contributed by atoms with Crippen molar-refractivity contribution in [3.63, 3.8) is 0 Å². The Kier molecular flexibility index (Phi) is 6.51. The summed E-state index contributed by atoms with van der Waals surface area (Å²) in [5, 5.41) is 3.64. The van der Waals surface area contributed by atoms with Crippen molar-refractivity contribution in [3.05, 3.63) is 63.2 Å². The molecule has 3 heteroatoms. The molecular weight excluding hydrogens is 373 g/mol. The summed E-state index contributed by atoms with van der Waals surface area (Å²) in [7, 11) is 1.72. The van der Waals surface area contributed by atoms with Gasteiger partial charge in [0.25, 0.3) is 0 Å². The minimum atomic E-state index is 0.320. The van der Waals surface area contributed by atoms with Gasteiger partial charge in [-0.2, -0.15) is 0 Å². The van der Waals surface area contributed by atoms with Crippen molar-refractivity contribution >= 4 is 22.6 Å². The first-order valence-corrected chi connectivity index (χ1v) is 8.42. The van der Waals surface area contributed by atoms with Gasteiger partial charge < -0.3 is 10.1 Å². The van der Waals surface area contributed by atoms with Gasteiger partial charge >= 0.3 is 0 Å². The number of hydrogen-bond donors (Lipinski definition) is 1. The molecule has 0 saturated heterocycles. The van der Waals surface area contributed by atoms with Crippen LogP contribution in [-0.4, -0.2) is 13.7 Å². The van der Waals surface area contributed by atoms with Crippen molar-refractivity contribution in [3.8, 4) is 5.75 Å². The quantitative estimate of drug-likeness (QED) is 0.693. The van der Waals surface area contributed by atoms with Gasteiger partial charge in [-0.05, 0) is 77.4 Å². The summed E-state index contributed by atoms with van der Waals surface area (Å²) >= 11 is 2.34. The molecule has 1 N–H and O–H groups in total. The van der Waals surface area contributed by atoms with E-state index in [1.807, 2.05) is 6.07 Å².